The first-order valence-electron chi connectivity index (χ1n) is 6.78. The van der Waals surface area contributed by atoms with Gasteiger partial charge in [0.05, 0.1) is 16.2 Å². The summed E-state index contributed by atoms with van der Waals surface area (Å²) in [6.45, 7) is 0.569. The Kier molecular flexibility index (Phi) is 5.60. The average molecular weight is 360 g/mol. The molecule has 0 bridgehead atoms. The number of carbonyl (C=O) groups excluding carboxylic acids is 1. The van der Waals surface area contributed by atoms with Crippen LogP contribution in [0.2, 0.25) is 0 Å². The molecule has 110 valence electrons. The third-order valence-corrected chi connectivity index (χ3v) is 5.38. The smallest absolute Gasteiger partial charge is 0.306 e. The van der Waals surface area contributed by atoms with Gasteiger partial charge in [-0.25, -0.2) is 0 Å². The molecule has 1 amide bonds. The van der Waals surface area contributed by atoms with Gasteiger partial charge < -0.3 is 10.4 Å². The third-order valence-electron chi connectivity index (χ3n) is 3.76. The van der Waals surface area contributed by atoms with Gasteiger partial charge in [-0.2, -0.15) is 0 Å². The lowest BCUT2D eigenvalue weighted by molar-refractivity contribution is -0.143. The van der Waals surface area contributed by atoms with Crippen molar-refractivity contribution in [2.75, 3.05) is 0 Å². The number of aliphatic carboxylic acids is 1. The lowest BCUT2D eigenvalue weighted by Crippen LogP contribution is -2.28. The SMILES string of the molecule is O=C(CC1CCC(C(=O)O)CC1)NCc1ccc(Br)s1. The zero-order chi connectivity index (χ0) is 14.5. The number of hydrogen-bond donors (Lipinski definition) is 2. The minimum Gasteiger partial charge on any atom is -0.481 e. The monoisotopic (exact) mass is 359 g/mol. The topological polar surface area (TPSA) is 66.4 Å². The second-order valence-corrected chi connectivity index (χ2v) is 7.79. The van der Waals surface area contributed by atoms with E-state index in [1.807, 2.05) is 12.1 Å². The molecule has 0 spiro atoms. The molecule has 1 aliphatic rings. The van der Waals surface area contributed by atoms with Crippen LogP contribution >= 0.6 is 27.3 Å². The van der Waals surface area contributed by atoms with Crippen molar-refractivity contribution in [3.8, 4) is 0 Å². The van der Waals surface area contributed by atoms with Crippen LogP contribution in [0.3, 0.4) is 0 Å². The average Bonchev–Trinajstić information content (AvgIpc) is 2.83. The van der Waals surface area contributed by atoms with Gasteiger partial charge in [-0.05, 0) is 59.7 Å². The Hall–Kier alpha value is -0.880. The second kappa shape index (κ2) is 7.22. The summed E-state index contributed by atoms with van der Waals surface area (Å²) in [5.41, 5.74) is 0. The van der Waals surface area contributed by atoms with Crippen LogP contribution in [-0.4, -0.2) is 17.0 Å². The number of thiophene rings is 1. The van der Waals surface area contributed by atoms with Crippen LogP contribution < -0.4 is 5.32 Å². The van der Waals surface area contributed by atoms with Crippen molar-refractivity contribution in [1.82, 2.24) is 5.32 Å². The van der Waals surface area contributed by atoms with Gasteiger partial charge in [0, 0.05) is 11.3 Å². The third kappa shape index (κ3) is 4.59. The molecule has 20 heavy (non-hydrogen) atoms. The summed E-state index contributed by atoms with van der Waals surface area (Å²) in [4.78, 5) is 23.9. The highest BCUT2D eigenvalue weighted by Crippen LogP contribution is 2.31. The summed E-state index contributed by atoms with van der Waals surface area (Å²) in [5.74, 6) is -0.511. The van der Waals surface area contributed by atoms with E-state index >= 15 is 0 Å². The molecule has 2 N–H and O–H groups in total. The zero-order valence-electron chi connectivity index (χ0n) is 11.1. The number of carbonyl (C=O) groups is 2. The second-order valence-electron chi connectivity index (χ2n) is 5.24. The fourth-order valence-electron chi connectivity index (χ4n) is 2.58. The standard InChI is InChI=1S/C14H18BrNO3S/c15-12-6-5-11(20-12)8-16-13(17)7-9-1-3-10(4-2-9)14(18)19/h5-6,9-10H,1-4,7-8H2,(H,16,17)(H,18,19). The highest BCUT2D eigenvalue weighted by atomic mass is 79.9. The molecule has 1 aromatic rings. The van der Waals surface area contributed by atoms with Gasteiger partial charge >= 0.3 is 5.97 Å². The van der Waals surface area contributed by atoms with Crippen LogP contribution in [0.4, 0.5) is 0 Å². The summed E-state index contributed by atoms with van der Waals surface area (Å²) >= 11 is 5.01. The predicted molar refractivity (Wildman–Crippen MR) is 81.6 cm³/mol. The molecule has 1 saturated carbocycles. The lowest BCUT2D eigenvalue weighted by Gasteiger charge is -2.25. The molecule has 0 radical (unpaired) electrons. The molecule has 4 nitrogen and oxygen atoms in total. The Bertz CT molecular complexity index is 481. The van der Waals surface area contributed by atoms with E-state index in [1.165, 1.54) is 0 Å². The van der Waals surface area contributed by atoms with E-state index in [4.69, 9.17) is 5.11 Å². The molecular weight excluding hydrogens is 342 g/mol. The van der Waals surface area contributed by atoms with Crippen molar-refractivity contribution in [3.63, 3.8) is 0 Å². The molecule has 1 fully saturated rings. The van der Waals surface area contributed by atoms with Crippen molar-refractivity contribution < 1.29 is 14.7 Å². The molecule has 0 atom stereocenters. The zero-order valence-corrected chi connectivity index (χ0v) is 13.5. The van der Waals surface area contributed by atoms with Crippen LogP contribution in [0.1, 0.15) is 37.0 Å². The number of carboxylic acid groups (broad SMARTS) is 1. The highest BCUT2D eigenvalue weighted by molar-refractivity contribution is 9.11. The number of nitrogens with one attached hydrogen (secondary N) is 1. The van der Waals surface area contributed by atoms with Crippen LogP contribution in [-0.2, 0) is 16.1 Å². The first kappa shape index (κ1) is 15.5. The first-order chi connectivity index (χ1) is 9.54. The maximum absolute atomic E-state index is 11.9. The normalized spacial score (nSPS) is 22.4. The van der Waals surface area contributed by atoms with Crippen LogP contribution in [0, 0.1) is 11.8 Å². The van der Waals surface area contributed by atoms with E-state index in [2.05, 4.69) is 21.2 Å². The quantitative estimate of drug-likeness (QED) is 0.846. The Balaban J connectivity index is 1.69. The van der Waals surface area contributed by atoms with Gasteiger partial charge in [0.1, 0.15) is 0 Å². The molecule has 0 aromatic carbocycles. The fraction of sp³-hybridized carbons (Fsp3) is 0.571. The molecular formula is C14H18BrNO3S. The summed E-state index contributed by atoms with van der Waals surface area (Å²) in [6, 6.07) is 3.96. The van der Waals surface area contributed by atoms with Crippen molar-refractivity contribution >= 4 is 39.1 Å². The summed E-state index contributed by atoms with van der Waals surface area (Å²) in [6.07, 6.45) is 3.60. The molecule has 0 unspecified atom stereocenters. The van der Waals surface area contributed by atoms with Crippen molar-refractivity contribution in [2.45, 2.75) is 38.6 Å². The largest absolute Gasteiger partial charge is 0.481 e. The van der Waals surface area contributed by atoms with Gasteiger partial charge in [-0.15, -0.1) is 11.3 Å². The van der Waals surface area contributed by atoms with Gasteiger partial charge in [0.25, 0.3) is 0 Å². The lowest BCUT2D eigenvalue weighted by atomic mass is 9.80. The maximum atomic E-state index is 11.9. The van der Waals surface area contributed by atoms with E-state index in [0.29, 0.717) is 31.7 Å². The first-order valence-corrected chi connectivity index (χ1v) is 8.39. The minimum atomic E-state index is -0.698. The number of rotatable bonds is 5. The Morgan fingerprint density at radius 2 is 2.00 bits per heavy atom. The summed E-state index contributed by atoms with van der Waals surface area (Å²) in [5, 5.41) is 11.9. The molecule has 2 rings (SSSR count). The molecule has 6 heteroatoms. The Morgan fingerprint density at radius 1 is 1.30 bits per heavy atom. The number of halogens is 1. The van der Waals surface area contributed by atoms with Gasteiger partial charge in [0.2, 0.25) is 5.91 Å². The minimum absolute atomic E-state index is 0.0632. The predicted octanol–water partition coefficient (Wildman–Crippen LogP) is 3.41. The molecule has 1 aromatic heterocycles. The Labute approximate surface area is 130 Å². The summed E-state index contributed by atoms with van der Waals surface area (Å²) in [7, 11) is 0. The van der Waals surface area contributed by atoms with E-state index < -0.39 is 5.97 Å². The molecule has 0 saturated heterocycles. The van der Waals surface area contributed by atoms with Gasteiger partial charge in [-0.3, -0.25) is 9.59 Å². The van der Waals surface area contributed by atoms with Crippen LogP contribution in [0.25, 0.3) is 0 Å². The van der Waals surface area contributed by atoms with Crippen molar-refractivity contribution in [1.29, 1.82) is 0 Å². The van der Waals surface area contributed by atoms with E-state index in [9.17, 15) is 9.59 Å². The van der Waals surface area contributed by atoms with Crippen molar-refractivity contribution in [2.24, 2.45) is 11.8 Å². The van der Waals surface area contributed by atoms with E-state index in [0.717, 1.165) is 21.5 Å². The Morgan fingerprint density at radius 3 is 2.55 bits per heavy atom. The number of hydrogen-bond acceptors (Lipinski definition) is 3. The maximum Gasteiger partial charge on any atom is 0.306 e. The van der Waals surface area contributed by atoms with Crippen molar-refractivity contribution in [3.05, 3.63) is 20.8 Å². The van der Waals surface area contributed by atoms with E-state index in [1.54, 1.807) is 11.3 Å². The highest BCUT2D eigenvalue weighted by Gasteiger charge is 2.26. The molecule has 1 aliphatic carbocycles. The van der Waals surface area contributed by atoms with Crippen LogP contribution in [0.5, 0.6) is 0 Å². The van der Waals surface area contributed by atoms with Gasteiger partial charge in [-0.1, -0.05) is 0 Å². The van der Waals surface area contributed by atoms with Crippen LogP contribution in [0.15, 0.2) is 15.9 Å². The molecule has 1 heterocycles. The number of amides is 1. The molecule has 0 aliphatic heterocycles. The van der Waals surface area contributed by atoms with E-state index in [-0.39, 0.29) is 11.8 Å². The number of carboxylic acids is 1. The fourth-order valence-corrected chi connectivity index (χ4v) is 4.00. The summed E-state index contributed by atoms with van der Waals surface area (Å²) < 4.78 is 1.06. The van der Waals surface area contributed by atoms with Gasteiger partial charge in [0.15, 0.2) is 0 Å².